The molecule has 106 valence electrons. The largest absolute Gasteiger partial charge is 0.383 e. The zero-order valence-electron chi connectivity index (χ0n) is 12.6. The quantitative estimate of drug-likeness (QED) is 0.788. The van der Waals surface area contributed by atoms with E-state index in [1.54, 1.807) is 7.11 Å². The summed E-state index contributed by atoms with van der Waals surface area (Å²) in [6.45, 7) is 11.2. The molecular weight excluding hydrogens is 228 g/mol. The summed E-state index contributed by atoms with van der Waals surface area (Å²) >= 11 is 0. The van der Waals surface area contributed by atoms with Crippen molar-refractivity contribution in [1.82, 2.24) is 10.2 Å². The third kappa shape index (κ3) is 3.04. The van der Waals surface area contributed by atoms with Gasteiger partial charge in [0, 0.05) is 7.11 Å². The fourth-order valence-corrected chi connectivity index (χ4v) is 2.62. The summed E-state index contributed by atoms with van der Waals surface area (Å²) in [6, 6.07) is 0.113. The van der Waals surface area contributed by atoms with Crippen molar-refractivity contribution in [2.24, 2.45) is 11.8 Å². The van der Waals surface area contributed by atoms with E-state index in [1.165, 1.54) is 0 Å². The molecule has 0 radical (unpaired) electrons. The number of hydrogen-bond acceptors (Lipinski definition) is 3. The standard InChI is InChI=1S/C14H28N2O2/c1-7-10(4)13-14(17)16(11(5)15-13)12(8-18-6)9(2)3/h9-13,15H,7-8H2,1-6H3. The maximum atomic E-state index is 12.5. The number of carbonyl (C=O) groups is 1. The lowest BCUT2D eigenvalue weighted by Crippen LogP contribution is -2.48. The SMILES string of the molecule is CCC(C)C1NC(C)N(C(COC)C(C)C)C1=O. The van der Waals surface area contributed by atoms with Crippen molar-refractivity contribution in [3.63, 3.8) is 0 Å². The van der Waals surface area contributed by atoms with E-state index in [-0.39, 0.29) is 24.2 Å². The first-order chi connectivity index (χ1) is 8.43. The first-order valence-electron chi connectivity index (χ1n) is 7.01. The van der Waals surface area contributed by atoms with E-state index < -0.39 is 0 Å². The van der Waals surface area contributed by atoms with Crippen molar-refractivity contribution in [1.29, 1.82) is 0 Å². The molecule has 0 aromatic rings. The number of nitrogens with zero attached hydrogens (tertiary/aromatic N) is 1. The Balaban J connectivity index is 2.85. The van der Waals surface area contributed by atoms with Gasteiger partial charge in [0.15, 0.2) is 0 Å². The fourth-order valence-electron chi connectivity index (χ4n) is 2.62. The summed E-state index contributed by atoms with van der Waals surface area (Å²) in [5.41, 5.74) is 0. The van der Waals surface area contributed by atoms with E-state index in [4.69, 9.17) is 4.74 Å². The average molecular weight is 256 g/mol. The maximum absolute atomic E-state index is 12.5. The Morgan fingerprint density at radius 1 is 1.39 bits per heavy atom. The molecule has 1 heterocycles. The number of rotatable bonds is 6. The highest BCUT2D eigenvalue weighted by Crippen LogP contribution is 2.24. The Morgan fingerprint density at radius 3 is 2.44 bits per heavy atom. The Kier molecular flexibility index (Phi) is 5.60. The second-order valence-corrected chi connectivity index (χ2v) is 5.72. The predicted octanol–water partition coefficient (Wildman–Crippen LogP) is 1.85. The molecule has 1 fully saturated rings. The van der Waals surface area contributed by atoms with Crippen LogP contribution in [0.5, 0.6) is 0 Å². The van der Waals surface area contributed by atoms with Gasteiger partial charge in [-0.25, -0.2) is 0 Å². The van der Waals surface area contributed by atoms with Gasteiger partial charge in [0.1, 0.15) is 0 Å². The lowest BCUT2D eigenvalue weighted by Gasteiger charge is -2.33. The number of ether oxygens (including phenoxy) is 1. The minimum Gasteiger partial charge on any atom is -0.383 e. The van der Waals surface area contributed by atoms with Crippen LogP contribution in [-0.4, -0.2) is 42.8 Å². The highest BCUT2D eigenvalue weighted by Gasteiger charge is 2.42. The minimum atomic E-state index is -0.0388. The first kappa shape index (κ1) is 15.4. The van der Waals surface area contributed by atoms with Gasteiger partial charge in [-0.15, -0.1) is 0 Å². The molecule has 1 aliphatic rings. The monoisotopic (exact) mass is 256 g/mol. The van der Waals surface area contributed by atoms with Crippen molar-refractivity contribution in [2.75, 3.05) is 13.7 Å². The highest BCUT2D eigenvalue weighted by atomic mass is 16.5. The molecule has 4 nitrogen and oxygen atoms in total. The molecule has 0 aliphatic carbocycles. The second kappa shape index (κ2) is 6.53. The van der Waals surface area contributed by atoms with E-state index in [1.807, 2.05) is 4.90 Å². The molecule has 1 N–H and O–H groups in total. The highest BCUT2D eigenvalue weighted by molar-refractivity contribution is 5.85. The summed E-state index contributed by atoms with van der Waals surface area (Å²) in [6.07, 6.45) is 1.11. The van der Waals surface area contributed by atoms with Crippen molar-refractivity contribution in [3.8, 4) is 0 Å². The zero-order valence-corrected chi connectivity index (χ0v) is 12.6. The first-order valence-corrected chi connectivity index (χ1v) is 7.01. The number of amides is 1. The van der Waals surface area contributed by atoms with Gasteiger partial charge in [-0.1, -0.05) is 34.1 Å². The maximum Gasteiger partial charge on any atom is 0.241 e. The number of nitrogens with one attached hydrogen (secondary N) is 1. The smallest absolute Gasteiger partial charge is 0.241 e. The summed E-state index contributed by atoms with van der Waals surface area (Å²) in [7, 11) is 1.69. The van der Waals surface area contributed by atoms with Gasteiger partial charge in [0.05, 0.1) is 24.9 Å². The Hall–Kier alpha value is -0.610. The van der Waals surface area contributed by atoms with Gasteiger partial charge in [0.25, 0.3) is 0 Å². The third-order valence-corrected chi connectivity index (χ3v) is 4.04. The van der Waals surface area contributed by atoms with Gasteiger partial charge in [-0.05, 0) is 18.8 Å². The molecule has 0 saturated carbocycles. The lowest BCUT2D eigenvalue weighted by atomic mass is 9.98. The molecule has 1 saturated heterocycles. The molecule has 4 heteroatoms. The fraction of sp³-hybridized carbons (Fsp3) is 0.929. The summed E-state index contributed by atoms with van der Waals surface area (Å²) in [5.74, 6) is 1.00. The van der Waals surface area contributed by atoms with Crippen molar-refractivity contribution >= 4 is 5.91 Å². The van der Waals surface area contributed by atoms with Crippen LogP contribution in [0.4, 0.5) is 0 Å². The van der Waals surface area contributed by atoms with Crippen LogP contribution < -0.4 is 5.32 Å². The number of carbonyl (C=O) groups excluding carboxylic acids is 1. The van der Waals surface area contributed by atoms with Crippen LogP contribution in [0.15, 0.2) is 0 Å². The van der Waals surface area contributed by atoms with Crippen LogP contribution >= 0.6 is 0 Å². The van der Waals surface area contributed by atoms with Crippen LogP contribution in [0.2, 0.25) is 0 Å². The molecule has 1 amide bonds. The summed E-state index contributed by atoms with van der Waals surface area (Å²) in [4.78, 5) is 14.5. The van der Waals surface area contributed by atoms with Crippen molar-refractivity contribution in [2.45, 2.75) is 59.3 Å². The van der Waals surface area contributed by atoms with Crippen LogP contribution in [0.1, 0.15) is 41.0 Å². The van der Waals surface area contributed by atoms with Gasteiger partial charge in [-0.2, -0.15) is 0 Å². The van der Waals surface area contributed by atoms with Gasteiger partial charge < -0.3 is 9.64 Å². The van der Waals surface area contributed by atoms with Crippen LogP contribution in [0, 0.1) is 11.8 Å². The normalized spacial score (nSPS) is 27.9. The summed E-state index contributed by atoms with van der Waals surface area (Å²) < 4.78 is 5.27. The van der Waals surface area contributed by atoms with Crippen LogP contribution in [-0.2, 0) is 9.53 Å². The Bertz CT molecular complexity index is 281. The van der Waals surface area contributed by atoms with Gasteiger partial charge >= 0.3 is 0 Å². The topological polar surface area (TPSA) is 41.6 Å². The number of hydrogen-bond donors (Lipinski definition) is 1. The zero-order chi connectivity index (χ0) is 13.9. The van der Waals surface area contributed by atoms with E-state index >= 15 is 0 Å². The van der Waals surface area contributed by atoms with Crippen LogP contribution in [0.3, 0.4) is 0 Å². The average Bonchev–Trinajstić information content (AvgIpc) is 2.61. The molecule has 4 unspecified atom stereocenters. The second-order valence-electron chi connectivity index (χ2n) is 5.72. The summed E-state index contributed by atoms with van der Waals surface area (Å²) in [5, 5.41) is 3.42. The van der Waals surface area contributed by atoms with E-state index in [9.17, 15) is 4.79 Å². The van der Waals surface area contributed by atoms with Gasteiger partial charge in [0.2, 0.25) is 5.91 Å². The molecule has 1 rings (SSSR count). The molecular formula is C14H28N2O2. The number of methoxy groups -OCH3 is 1. The van der Waals surface area contributed by atoms with E-state index in [0.29, 0.717) is 18.4 Å². The van der Waals surface area contributed by atoms with Crippen molar-refractivity contribution < 1.29 is 9.53 Å². The predicted molar refractivity (Wildman–Crippen MR) is 73.2 cm³/mol. The molecule has 0 bridgehead atoms. The van der Waals surface area contributed by atoms with Crippen molar-refractivity contribution in [3.05, 3.63) is 0 Å². The Labute approximate surface area is 111 Å². The van der Waals surface area contributed by atoms with Gasteiger partial charge in [-0.3, -0.25) is 10.1 Å². The molecule has 4 atom stereocenters. The molecule has 0 spiro atoms. The third-order valence-electron chi connectivity index (χ3n) is 4.04. The molecule has 1 aliphatic heterocycles. The molecule has 0 aromatic carbocycles. The van der Waals surface area contributed by atoms with Crippen LogP contribution in [0.25, 0.3) is 0 Å². The van der Waals surface area contributed by atoms with E-state index in [2.05, 4.69) is 39.9 Å². The molecule has 0 aromatic heterocycles. The molecule has 18 heavy (non-hydrogen) atoms. The Morgan fingerprint density at radius 2 is 2.00 bits per heavy atom. The lowest BCUT2D eigenvalue weighted by molar-refractivity contribution is -0.135. The minimum absolute atomic E-state index is 0.0388. The van der Waals surface area contributed by atoms with E-state index in [0.717, 1.165) is 6.42 Å².